The highest BCUT2D eigenvalue weighted by atomic mass is 15.2. The molecular formula is C20H16N6. The van der Waals surface area contributed by atoms with Crippen LogP contribution in [0.25, 0.3) is 33.4 Å². The molecule has 0 aliphatic heterocycles. The zero-order chi connectivity index (χ0) is 17.7. The third-order valence-electron chi connectivity index (χ3n) is 4.52. The zero-order valence-electron chi connectivity index (χ0n) is 13.9. The van der Waals surface area contributed by atoms with E-state index in [1.165, 1.54) is 0 Å². The van der Waals surface area contributed by atoms with E-state index in [1.54, 1.807) is 0 Å². The molecule has 0 aliphatic carbocycles. The summed E-state index contributed by atoms with van der Waals surface area (Å²) < 4.78 is 3.88. The maximum Gasteiger partial charge on any atom is 0.205 e. The average Bonchev–Trinajstić information content (AvgIpc) is 3.17. The Bertz CT molecular complexity index is 1170. The first kappa shape index (κ1) is 14.5. The van der Waals surface area contributed by atoms with Crippen LogP contribution in [0.4, 0.5) is 11.9 Å². The summed E-state index contributed by atoms with van der Waals surface area (Å²) in [5.41, 5.74) is 17.9. The normalized spacial score (nSPS) is 11.4. The van der Waals surface area contributed by atoms with E-state index < -0.39 is 0 Å². The molecule has 6 nitrogen and oxygen atoms in total. The highest BCUT2D eigenvalue weighted by Gasteiger charge is 2.13. The first-order valence-corrected chi connectivity index (χ1v) is 8.29. The number of aromatic nitrogens is 4. The SMILES string of the molecule is Nc1nc2ccccc2n1-c1cccc(-n2c(N)nc3ccccc32)c1. The molecule has 0 saturated carbocycles. The molecule has 0 atom stereocenters. The Morgan fingerprint density at radius 2 is 1.04 bits per heavy atom. The standard InChI is InChI=1S/C20H16N6/c21-19-23-15-8-1-3-10-17(15)25(19)13-6-5-7-14(12-13)26-18-11-4-2-9-16(18)24-20(26)22/h1-12H,(H2,21,23)(H2,22,24). The van der Waals surface area contributed by atoms with E-state index in [-0.39, 0.29) is 0 Å². The van der Waals surface area contributed by atoms with Crippen molar-refractivity contribution in [2.45, 2.75) is 0 Å². The highest BCUT2D eigenvalue weighted by Crippen LogP contribution is 2.27. The molecule has 126 valence electrons. The van der Waals surface area contributed by atoms with Gasteiger partial charge in [-0.15, -0.1) is 0 Å². The van der Waals surface area contributed by atoms with E-state index in [1.807, 2.05) is 81.9 Å². The molecule has 0 aliphatic rings. The minimum Gasteiger partial charge on any atom is -0.369 e. The van der Waals surface area contributed by atoms with E-state index in [2.05, 4.69) is 9.97 Å². The molecule has 0 fully saturated rings. The minimum absolute atomic E-state index is 0.451. The van der Waals surface area contributed by atoms with Crippen molar-refractivity contribution in [3.8, 4) is 11.4 Å². The van der Waals surface area contributed by atoms with Crippen LogP contribution in [-0.4, -0.2) is 19.1 Å². The third kappa shape index (κ3) is 2.05. The van der Waals surface area contributed by atoms with Crippen LogP contribution in [0.1, 0.15) is 0 Å². The topological polar surface area (TPSA) is 87.7 Å². The first-order chi connectivity index (χ1) is 12.7. The predicted octanol–water partition coefficient (Wildman–Crippen LogP) is 3.53. The largest absolute Gasteiger partial charge is 0.369 e. The second-order valence-electron chi connectivity index (χ2n) is 6.11. The minimum atomic E-state index is 0.451. The fourth-order valence-electron chi connectivity index (χ4n) is 3.40. The number of benzene rings is 3. The predicted molar refractivity (Wildman–Crippen MR) is 105 cm³/mol. The number of nitrogen functional groups attached to an aromatic ring is 2. The lowest BCUT2D eigenvalue weighted by atomic mass is 10.2. The molecule has 0 radical (unpaired) electrons. The van der Waals surface area contributed by atoms with Gasteiger partial charge in [-0.25, -0.2) is 9.97 Å². The van der Waals surface area contributed by atoms with Gasteiger partial charge in [0.15, 0.2) is 0 Å². The summed E-state index contributed by atoms with van der Waals surface area (Å²) in [5.74, 6) is 0.902. The summed E-state index contributed by atoms with van der Waals surface area (Å²) in [6.07, 6.45) is 0. The smallest absolute Gasteiger partial charge is 0.205 e. The number of fused-ring (bicyclic) bond motifs is 2. The van der Waals surface area contributed by atoms with Gasteiger partial charge in [-0.3, -0.25) is 9.13 Å². The fraction of sp³-hybridized carbons (Fsp3) is 0. The van der Waals surface area contributed by atoms with Crippen LogP contribution < -0.4 is 11.5 Å². The summed E-state index contributed by atoms with van der Waals surface area (Å²) in [6, 6.07) is 23.8. The van der Waals surface area contributed by atoms with E-state index in [9.17, 15) is 0 Å². The van der Waals surface area contributed by atoms with Gasteiger partial charge < -0.3 is 11.5 Å². The van der Waals surface area contributed by atoms with Crippen molar-refractivity contribution < 1.29 is 0 Å². The van der Waals surface area contributed by atoms with Gasteiger partial charge in [0.05, 0.1) is 33.4 Å². The summed E-state index contributed by atoms with van der Waals surface area (Å²) >= 11 is 0. The molecule has 5 rings (SSSR count). The van der Waals surface area contributed by atoms with Crippen molar-refractivity contribution in [3.05, 3.63) is 72.8 Å². The van der Waals surface area contributed by atoms with E-state index >= 15 is 0 Å². The van der Waals surface area contributed by atoms with Gasteiger partial charge in [0, 0.05) is 0 Å². The number of anilines is 2. The van der Waals surface area contributed by atoms with Gasteiger partial charge in [0.2, 0.25) is 11.9 Å². The lowest BCUT2D eigenvalue weighted by Gasteiger charge is -2.11. The molecule has 6 heteroatoms. The number of hydrogen-bond donors (Lipinski definition) is 2. The van der Waals surface area contributed by atoms with Crippen molar-refractivity contribution in [2.24, 2.45) is 0 Å². The van der Waals surface area contributed by atoms with E-state index in [0.29, 0.717) is 11.9 Å². The van der Waals surface area contributed by atoms with Crippen LogP contribution in [0.15, 0.2) is 72.8 Å². The Labute approximate surface area is 149 Å². The Hall–Kier alpha value is -3.80. The van der Waals surface area contributed by atoms with E-state index in [0.717, 1.165) is 33.4 Å². The summed E-state index contributed by atoms with van der Waals surface area (Å²) in [7, 11) is 0. The Kier molecular flexibility index (Phi) is 2.99. The molecule has 0 unspecified atom stereocenters. The summed E-state index contributed by atoms with van der Waals surface area (Å²) in [6.45, 7) is 0. The molecular weight excluding hydrogens is 324 g/mol. The molecule has 0 amide bonds. The third-order valence-corrected chi connectivity index (χ3v) is 4.52. The van der Waals surface area contributed by atoms with Crippen molar-refractivity contribution in [3.63, 3.8) is 0 Å². The number of nitrogens with two attached hydrogens (primary N) is 2. The van der Waals surface area contributed by atoms with Crippen molar-refractivity contribution in [1.82, 2.24) is 19.1 Å². The molecule has 26 heavy (non-hydrogen) atoms. The average molecular weight is 340 g/mol. The highest BCUT2D eigenvalue weighted by molar-refractivity contribution is 5.82. The van der Waals surface area contributed by atoms with Gasteiger partial charge in [-0.2, -0.15) is 0 Å². The fourth-order valence-corrected chi connectivity index (χ4v) is 3.40. The van der Waals surface area contributed by atoms with Crippen LogP contribution in [0.5, 0.6) is 0 Å². The number of para-hydroxylation sites is 4. The molecule has 3 aromatic carbocycles. The van der Waals surface area contributed by atoms with E-state index in [4.69, 9.17) is 11.5 Å². The maximum absolute atomic E-state index is 6.18. The van der Waals surface area contributed by atoms with Crippen molar-refractivity contribution in [2.75, 3.05) is 11.5 Å². The molecule has 2 heterocycles. The molecule has 0 spiro atoms. The lowest BCUT2D eigenvalue weighted by molar-refractivity contribution is 1.07. The van der Waals surface area contributed by atoms with Crippen molar-refractivity contribution >= 4 is 34.0 Å². The molecule has 0 bridgehead atoms. The van der Waals surface area contributed by atoms with Crippen LogP contribution in [0.3, 0.4) is 0 Å². The monoisotopic (exact) mass is 340 g/mol. The summed E-state index contributed by atoms with van der Waals surface area (Å²) in [5, 5.41) is 0. The first-order valence-electron chi connectivity index (χ1n) is 8.29. The second kappa shape index (κ2) is 5.35. The molecule has 4 N–H and O–H groups in total. The number of imidazole rings is 2. The van der Waals surface area contributed by atoms with Gasteiger partial charge in [-0.05, 0) is 42.5 Å². The van der Waals surface area contributed by atoms with Gasteiger partial charge >= 0.3 is 0 Å². The Balaban J connectivity index is 1.75. The molecule has 0 saturated heterocycles. The Morgan fingerprint density at radius 3 is 1.54 bits per heavy atom. The summed E-state index contributed by atoms with van der Waals surface area (Å²) in [4.78, 5) is 8.89. The Morgan fingerprint density at radius 1 is 0.577 bits per heavy atom. The van der Waals surface area contributed by atoms with Crippen molar-refractivity contribution in [1.29, 1.82) is 0 Å². The van der Waals surface area contributed by atoms with Gasteiger partial charge in [0.1, 0.15) is 0 Å². The number of rotatable bonds is 2. The second-order valence-corrected chi connectivity index (χ2v) is 6.11. The number of hydrogen-bond acceptors (Lipinski definition) is 4. The van der Waals surface area contributed by atoms with Crippen LogP contribution in [0.2, 0.25) is 0 Å². The molecule has 5 aromatic rings. The van der Waals surface area contributed by atoms with Crippen LogP contribution >= 0.6 is 0 Å². The van der Waals surface area contributed by atoms with Crippen LogP contribution in [0, 0.1) is 0 Å². The van der Waals surface area contributed by atoms with Gasteiger partial charge in [0.25, 0.3) is 0 Å². The number of nitrogens with zero attached hydrogens (tertiary/aromatic N) is 4. The zero-order valence-corrected chi connectivity index (χ0v) is 13.9. The quantitative estimate of drug-likeness (QED) is 0.514. The van der Waals surface area contributed by atoms with Gasteiger partial charge in [-0.1, -0.05) is 30.3 Å². The maximum atomic E-state index is 6.18. The molecule has 2 aromatic heterocycles. The lowest BCUT2D eigenvalue weighted by Crippen LogP contribution is -2.04. The van der Waals surface area contributed by atoms with Crippen LogP contribution in [-0.2, 0) is 0 Å².